The first-order chi connectivity index (χ1) is 17.4. The summed E-state index contributed by atoms with van der Waals surface area (Å²) in [6.45, 7) is 2.11. The van der Waals surface area contributed by atoms with Crippen LogP contribution in [-0.4, -0.2) is 46.1 Å². The van der Waals surface area contributed by atoms with Crippen molar-refractivity contribution in [2.24, 2.45) is 5.41 Å². The number of amides is 1. The first-order valence-corrected chi connectivity index (χ1v) is 11.4. The third kappa shape index (κ3) is 4.81. The number of rotatable bonds is 6. The van der Waals surface area contributed by atoms with Gasteiger partial charge in [0, 0.05) is 24.5 Å². The van der Waals surface area contributed by atoms with Gasteiger partial charge in [0.15, 0.2) is 5.82 Å². The fraction of sp³-hybridized carbons (Fsp3) is 0.231. The van der Waals surface area contributed by atoms with E-state index in [0.717, 1.165) is 5.69 Å². The van der Waals surface area contributed by atoms with Crippen LogP contribution < -0.4 is 10.6 Å². The SMILES string of the molecule is CNC(=O)C1(C)COC(c2nc(-c3ccc(F)cc3)c(-c3ccnc(Nc4ccccc4)n3)[nH]2)OC1. The molecule has 1 aliphatic rings. The number of para-hydroxylation sites is 1. The van der Waals surface area contributed by atoms with Crippen LogP contribution in [0.25, 0.3) is 22.6 Å². The number of hydrogen-bond acceptors (Lipinski definition) is 7. The van der Waals surface area contributed by atoms with E-state index in [0.29, 0.717) is 34.4 Å². The van der Waals surface area contributed by atoms with Crippen LogP contribution in [0.2, 0.25) is 0 Å². The number of aromatic amines is 1. The second-order valence-electron chi connectivity index (χ2n) is 8.70. The van der Waals surface area contributed by atoms with E-state index in [-0.39, 0.29) is 24.9 Å². The molecular formula is C26H25FN6O3. The van der Waals surface area contributed by atoms with Gasteiger partial charge in [0.2, 0.25) is 18.1 Å². The van der Waals surface area contributed by atoms with Crippen LogP contribution in [0.15, 0.2) is 66.9 Å². The zero-order chi connectivity index (χ0) is 25.1. The average Bonchev–Trinajstić information content (AvgIpc) is 3.35. The van der Waals surface area contributed by atoms with Gasteiger partial charge in [0.1, 0.15) is 5.82 Å². The van der Waals surface area contributed by atoms with Gasteiger partial charge in [-0.25, -0.2) is 19.3 Å². The third-order valence-electron chi connectivity index (χ3n) is 5.89. The van der Waals surface area contributed by atoms with E-state index in [9.17, 15) is 9.18 Å². The predicted molar refractivity (Wildman–Crippen MR) is 132 cm³/mol. The number of aromatic nitrogens is 4. The van der Waals surface area contributed by atoms with Crippen LogP contribution in [0.1, 0.15) is 19.0 Å². The van der Waals surface area contributed by atoms with Gasteiger partial charge < -0.3 is 25.1 Å². The van der Waals surface area contributed by atoms with Gasteiger partial charge in [0.25, 0.3) is 0 Å². The van der Waals surface area contributed by atoms with Gasteiger partial charge in [-0.3, -0.25) is 4.79 Å². The number of halogens is 1. The number of ether oxygens (including phenoxy) is 2. The molecule has 184 valence electrons. The minimum absolute atomic E-state index is 0.160. The number of H-pyrrole nitrogens is 1. The number of nitrogens with one attached hydrogen (secondary N) is 3. The number of hydrogen-bond donors (Lipinski definition) is 3. The largest absolute Gasteiger partial charge is 0.359 e. The maximum atomic E-state index is 13.6. The van der Waals surface area contributed by atoms with Crippen LogP contribution in [-0.2, 0) is 14.3 Å². The molecule has 1 fully saturated rings. The Balaban J connectivity index is 1.49. The monoisotopic (exact) mass is 488 g/mol. The van der Waals surface area contributed by atoms with Gasteiger partial charge in [-0.15, -0.1) is 0 Å². The summed E-state index contributed by atoms with van der Waals surface area (Å²) < 4.78 is 25.4. The maximum Gasteiger partial charge on any atom is 0.230 e. The Bertz CT molecular complexity index is 1350. The molecule has 0 spiro atoms. The lowest BCUT2D eigenvalue weighted by Gasteiger charge is -2.34. The number of imidazole rings is 1. The van der Waals surface area contributed by atoms with Gasteiger partial charge in [-0.05, 0) is 49.4 Å². The number of nitrogens with zero attached hydrogens (tertiary/aromatic N) is 3. The van der Waals surface area contributed by atoms with E-state index in [1.807, 2.05) is 30.3 Å². The highest BCUT2D eigenvalue weighted by Crippen LogP contribution is 2.35. The first kappa shape index (κ1) is 23.6. The molecule has 0 radical (unpaired) electrons. The highest BCUT2D eigenvalue weighted by molar-refractivity contribution is 5.82. The predicted octanol–water partition coefficient (Wildman–Crippen LogP) is 4.21. The molecule has 1 aliphatic heterocycles. The van der Waals surface area contributed by atoms with Crippen molar-refractivity contribution in [1.29, 1.82) is 0 Å². The molecule has 36 heavy (non-hydrogen) atoms. The molecule has 5 rings (SSSR count). The van der Waals surface area contributed by atoms with Crippen molar-refractivity contribution in [3.63, 3.8) is 0 Å². The summed E-state index contributed by atoms with van der Waals surface area (Å²) in [6.07, 6.45) is 0.838. The molecule has 0 atom stereocenters. The molecule has 4 aromatic rings. The van der Waals surface area contributed by atoms with Crippen LogP contribution in [0.5, 0.6) is 0 Å². The summed E-state index contributed by atoms with van der Waals surface area (Å²) in [7, 11) is 1.58. The van der Waals surface area contributed by atoms with Gasteiger partial charge >= 0.3 is 0 Å². The molecule has 10 heteroatoms. The Morgan fingerprint density at radius 1 is 1.06 bits per heavy atom. The number of benzene rings is 2. The summed E-state index contributed by atoms with van der Waals surface area (Å²) in [5, 5.41) is 5.82. The van der Waals surface area contributed by atoms with E-state index in [2.05, 4.69) is 25.6 Å². The van der Waals surface area contributed by atoms with Crippen molar-refractivity contribution in [1.82, 2.24) is 25.3 Å². The Morgan fingerprint density at radius 3 is 2.47 bits per heavy atom. The molecule has 3 N–H and O–H groups in total. The van der Waals surface area contributed by atoms with Crippen LogP contribution in [0.3, 0.4) is 0 Å². The minimum Gasteiger partial charge on any atom is -0.359 e. The van der Waals surface area contributed by atoms with Crippen molar-refractivity contribution in [2.45, 2.75) is 13.2 Å². The van der Waals surface area contributed by atoms with Crippen molar-refractivity contribution >= 4 is 17.5 Å². The molecule has 3 heterocycles. The summed E-state index contributed by atoms with van der Waals surface area (Å²) in [6, 6.07) is 17.4. The molecule has 0 bridgehead atoms. The lowest BCUT2D eigenvalue weighted by molar-refractivity contribution is -0.230. The fourth-order valence-electron chi connectivity index (χ4n) is 3.91. The van der Waals surface area contributed by atoms with Gasteiger partial charge in [-0.2, -0.15) is 0 Å². The summed E-state index contributed by atoms with van der Waals surface area (Å²) >= 11 is 0. The van der Waals surface area contributed by atoms with Crippen LogP contribution in [0, 0.1) is 11.2 Å². The van der Waals surface area contributed by atoms with Gasteiger partial charge in [-0.1, -0.05) is 18.2 Å². The minimum atomic E-state index is -0.806. The first-order valence-electron chi connectivity index (χ1n) is 11.4. The lowest BCUT2D eigenvalue weighted by Crippen LogP contribution is -2.47. The van der Waals surface area contributed by atoms with Crippen molar-refractivity contribution in [3.05, 3.63) is 78.5 Å². The number of carbonyl (C=O) groups excluding carboxylic acids is 1. The number of carbonyl (C=O) groups is 1. The van der Waals surface area contributed by atoms with Crippen LogP contribution in [0.4, 0.5) is 16.0 Å². The Kier molecular flexibility index (Phi) is 6.45. The zero-order valence-corrected chi connectivity index (χ0v) is 19.8. The molecule has 0 unspecified atom stereocenters. The Labute approximate surface area is 207 Å². The molecule has 1 amide bonds. The van der Waals surface area contributed by atoms with Crippen molar-refractivity contribution < 1.29 is 18.7 Å². The highest BCUT2D eigenvalue weighted by Gasteiger charge is 2.40. The molecular weight excluding hydrogens is 463 g/mol. The second-order valence-corrected chi connectivity index (χ2v) is 8.70. The average molecular weight is 489 g/mol. The van der Waals surface area contributed by atoms with Crippen molar-refractivity contribution in [3.8, 4) is 22.6 Å². The fourth-order valence-corrected chi connectivity index (χ4v) is 3.91. The van der Waals surface area contributed by atoms with E-state index in [1.165, 1.54) is 12.1 Å². The molecule has 2 aromatic heterocycles. The van der Waals surface area contributed by atoms with E-state index >= 15 is 0 Å². The Morgan fingerprint density at radius 2 is 1.78 bits per heavy atom. The van der Waals surface area contributed by atoms with Crippen molar-refractivity contribution in [2.75, 3.05) is 25.6 Å². The summed E-state index contributed by atoms with van der Waals surface area (Å²) in [5.74, 6) is 0.318. The summed E-state index contributed by atoms with van der Waals surface area (Å²) in [4.78, 5) is 29.2. The smallest absolute Gasteiger partial charge is 0.230 e. The van der Waals surface area contributed by atoms with E-state index < -0.39 is 11.7 Å². The molecule has 0 aliphatic carbocycles. The number of anilines is 2. The maximum absolute atomic E-state index is 13.6. The zero-order valence-electron chi connectivity index (χ0n) is 19.8. The third-order valence-corrected chi connectivity index (χ3v) is 5.89. The van der Waals surface area contributed by atoms with E-state index in [1.54, 1.807) is 38.4 Å². The standard InChI is InChI=1S/C26H25FN6O3/c1-26(24(34)28-2)14-35-23(36-15-26)22-32-20(16-8-10-17(27)11-9-16)21(33-22)19-12-13-29-25(31-19)30-18-6-4-3-5-7-18/h3-13,23H,14-15H2,1-2H3,(H,28,34)(H,32,33)(H,29,30,31). The Hall–Kier alpha value is -4.15. The molecule has 0 saturated carbocycles. The van der Waals surface area contributed by atoms with E-state index in [4.69, 9.17) is 14.5 Å². The quantitative estimate of drug-likeness (QED) is 0.372. The lowest BCUT2D eigenvalue weighted by atomic mass is 9.91. The molecule has 2 aromatic carbocycles. The normalized spacial score (nSPS) is 19.6. The highest BCUT2D eigenvalue weighted by atomic mass is 19.1. The van der Waals surface area contributed by atoms with Gasteiger partial charge in [0.05, 0.1) is 35.7 Å². The van der Waals surface area contributed by atoms with Crippen LogP contribution >= 0.6 is 0 Å². The topological polar surface area (TPSA) is 114 Å². The summed E-state index contributed by atoms with van der Waals surface area (Å²) in [5.41, 5.74) is 2.47. The second kappa shape index (κ2) is 9.84. The molecule has 9 nitrogen and oxygen atoms in total. The molecule has 1 saturated heterocycles.